The Labute approximate surface area is 287 Å². The molecule has 4 nitrogen and oxygen atoms in total. The Balaban J connectivity index is 1.10. The highest BCUT2D eigenvalue weighted by Gasteiger charge is 2.23. The first-order valence-electron chi connectivity index (χ1n) is 17.3. The maximum absolute atomic E-state index is 5.33. The summed E-state index contributed by atoms with van der Waals surface area (Å²) in [6, 6.07) is 36.9. The van der Waals surface area contributed by atoms with Crippen LogP contribution in [0.25, 0.3) is 67.6 Å². The lowest BCUT2D eigenvalue weighted by Crippen LogP contribution is -2.13. The van der Waals surface area contributed by atoms with Crippen LogP contribution in [0.5, 0.6) is 0 Å². The highest BCUT2D eigenvalue weighted by atomic mass is 15.0. The molecule has 1 aliphatic heterocycles. The topological polar surface area (TPSA) is 42.7 Å². The number of benzene rings is 4. The van der Waals surface area contributed by atoms with Crippen LogP contribution >= 0.6 is 0 Å². The van der Waals surface area contributed by atoms with Gasteiger partial charge in [-0.3, -0.25) is 0 Å². The normalized spacial score (nSPS) is 15.1. The van der Waals surface area contributed by atoms with E-state index in [2.05, 4.69) is 156 Å². The summed E-state index contributed by atoms with van der Waals surface area (Å²) in [5.41, 5.74) is 15.1. The fourth-order valence-corrected chi connectivity index (χ4v) is 7.38. The summed E-state index contributed by atoms with van der Waals surface area (Å²) >= 11 is 0. The van der Waals surface area contributed by atoms with Crippen LogP contribution in [0.3, 0.4) is 0 Å². The standard InChI is InChI=1S/C45H36N4/c1-4-12-33(13-5-1)42-43(34-14-6-2-7-15-34)47-45(48-44(42)35-16-8-3-9-17-35)36-22-20-31(21-23-36)32-24-26-37(27-25-32)49-40-19-11-10-18-38(40)39-28-29-46-30-41(39)49/h2-4,6-8,10-16,18-29,46H,1,5,9,17,30H2. The molecular formula is C45H36N4. The Morgan fingerprint density at radius 2 is 1.39 bits per heavy atom. The van der Waals surface area contributed by atoms with Gasteiger partial charge in [0.15, 0.2) is 5.82 Å². The van der Waals surface area contributed by atoms with Crippen LogP contribution in [0.4, 0.5) is 0 Å². The van der Waals surface area contributed by atoms with Crippen molar-refractivity contribution >= 4 is 28.1 Å². The molecule has 236 valence electrons. The van der Waals surface area contributed by atoms with Crippen molar-refractivity contribution in [3.8, 4) is 39.5 Å². The van der Waals surface area contributed by atoms with Gasteiger partial charge < -0.3 is 9.88 Å². The number of allylic oxidation sites excluding steroid dienone is 8. The molecule has 49 heavy (non-hydrogen) atoms. The molecule has 0 saturated carbocycles. The van der Waals surface area contributed by atoms with Gasteiger partial charge in [0.25, 0.3) is 0 Å². The van der Waals surface area contributed by atoms with E-state index in [4.69, 9.17) is 9.97 Å². The Morgan fingerprint density at radius 3 is 2.16 bits per heavy atom. The molecule has 1 N–H and O–H groups in total. The molecule has 0 saturated heterocycles. The molecule has 4 aromatic carbocycles. The lowest BCUT2D eigenvalue weighted by molar-refractivity contribution is 0.803. The Bertz CT molecular complexity index is 2350. The van der Waals surface area contributed by atoms with E-state index in [1.54, 1.807) is 0 Å². The van der Waals surface area contributed by atoms with Crippen LogP contribution in [-0.4, -0.2) is 14.5 Å². The van der Waals surface area contributed by atoms with Gasteiger partial charge in [0.05, 0.1) is 29.1 Å². The summed E-state index contributed by atoms with van der Waals surface area (Å²) in [7, 11) is 0. The number of nitrogens with zero attached hydrogens (tertiary/aromatic N) is 3. The molecule has 0 atom stereocenters. The zero-order chi connectivity index (χ0) is 32.6. The molecule has 0 bridgehead atoms. The summed E-state index contributed by atoms with van der Waals surface area (Å²) in [5, 5.41) is 4.68. The van der Waals surface area contributed by atoms with Crippen LogP contribution in [0.15, 0.2) is 146 Å². The molecule has 0 radical (unpaired) electrons. The third-order valence-electron chi connectivity index (χ3n) is 9.81. The van der Waals surface area contributed by atoms with E-state index in [-0.39, 0.29) is 0 Å². The minimum Gasteiger partial charge on any atom is -0.385 e. The molecule has 0 amide bonds. The molecule has 0 spiro atoms. The van der Waals surface area contributed by atoms with Crippen LogP contribution in [0.2, 0.25) is 0 Å². The van der Waals surface area contributed by atoms with Gasteiger partial charge in [0.1, 0.15) is 0 Å². The molecule has 0 fully saturated rings. The number of fused-ring (bicyclic) bond motifs is 3. The van der Waals surface area contributed by atoms with Crippen LogP contribution in [0, 0.1) is 0 Å². The van der Waals surface area contributed by atoms with Crippen LogP contribution in [-0.2, 0) is 6.54 Å². The Kier molecular flexibility index (Phi) is 7.47. The maximum atomic E-state index is 5.33. The largest absolute Gasteiger partial charge is 0.385 e. The fourth-order valence-electron chi connectivity index (χ4n) is 7.38. The second-order valence-electron chi connectivity index (χ2n) is 12.8. The van der Waals surface area contributed by atoms with E-state index in [9.17, 15) is 0 Å². The monoisotopic (exact) mass is 632 g/mol. The number of nitrogens with one attached hydrogen (secondary N) is 1. The van der Waals surface area contributed by atoms with Crippen molar-refractivity contribution in [3.05, 3.63) is 168 Å². The zero-order valence-corrected chi connectivity index (χ0v) is 27.3. The number of hydrogen-bond donors (Lipinski definition) is 1. The van der Waals surface area contributed by atoms with Crippen molar-refractivity contribution in [2.24, 2.45) is 0 Å². The van der Waals surface area contributed by atoms with E-state index in [0.717, 1.165) is 71.7 Å². The van der Waals surface area contributed by atoms with Gasteiger partial charge >= 0.3 is 0 Å². The van der Waals surface area contributed by atoms with Gasteiger partial charge in [0, 0.05) is 33.3 Å². The number of hydrogen-bond acceptors (Lipinski definition) is 3. The minimum absolute atomic E-state index is 0.752. The molecule has 0 unspecified atom stereocenters. The first kappa shape index (κ1) is 29.2. The maximum Gasteiger partial charge on any atom is 0.160 e. The van der Waals surface area contributed by atoms with Gasteiger partial charge in [-0.15, -0.1) is 0 Å². The summed E-state index contributed by atoms with van der Waals surface area (Å²) in [6.07, 6.45) is 21.8. The van der Waals surface area contributed by atoms with E-state index in [0.29, 0.717) is 0 Å². The van der Waals surface area contributed by atoms with Gasteiger partial charge in [0.2, 0.25) is 0 Å². The first-order chi connectivity index (χ1) is 24.3. The van der Waals surface area contributed by atoms with Crippen molar-refractivity contribution in [1.29, 1.82) is 0 Å². The molecule has 3 heterocycles. The van der Waals surface area contributed by atoms with Gasteiger partial charge in [-0.2, -0.15) is 0 Å². The van der Waals surface area contributed by atoms with E-state index >= 15 is 0 Å². The average Bonchev–Trinajstić information content (AvgIpc) is 3.53. The van der Waals surface area contributed by atoms with Gasteiger partial charge in [-0.05, 0) is 78.4 Å². The summed E-state index contributed by atoms with van der Waals surface area (Å²) in [4.78, 5) is 10.6. The highest BCUT2D eigenvalue weighted by molar-refractivity contribution is 5.94. The molecule has 6 aromatic rings. The van der Waals surface area contributed by atoms with Gasteiger partial charge in [-0.1, -0.05) is 121 Å². The minimum atomic E-state index is 0.752. The summed E-state index contributed by atoms with van der Waals surface area (Å²) < 4.78 is 2.38. The number of rotatable bonds is 6. The van der Waals surface area contributed by atoms with Crippen LogP contribution < -0.4 is 5.32 Å². The Hall–Kier alpha value is -6.00. The SMILES string of the molecule is C1=CCCC(c2nc(-c3ccc(-c4ccc(-n5c6c(c7ccccc75)C=CNC6)cc4)cc3)nc(-c3ccccc3)c2C2=CCCC=C2)=C1. The zero-order valence-electron chi connectivity index (χ0n) is 27.3. The lowest BCUT2D eigenvalue weighted by Gasteiger charge is -2.20. The summed E-state index contributed by atoms with van der Waals surface area (Å²) in [5.74, 6) is 0.752. The van der Waals surface area contributed by atoms with Crippen LogP contribution in [0.1, 0.15) is 48.2 Å². The van der Waals surface area contributed by atoms with Crippen molar-refractivity contribution < 1.29 is 0 Å². The van der Waals surface area contributed by atoms with Gasteiger partial charge in [-0.25, -0.2) is 9.97 Å². The average molecular weight is 633 g/mol. The predicted molar refractivity (Wildman–Crippen MR) is 204 cm³/mol. The third-order valence-corrected chi connectivity index (χ3v) is 9.81. The number of para-hydroxylation sites is 1. The Morgan fingerprint density at radius 1 is 0.633 bits per heavy atom. The van der Waals surface area contributed by atoms with E-state index < -0.39 is 0 Å². The van der Waals surface area contributed by atoms with Crippen molar-refractivity contribution in [1.82, 2.24) is 19.9 Å². The quantitative estimate of drug-likeness (QED) is 0.199. The van der Waals surface area contributed by atoms with Crippen molar-refractivity contribution in [2.75, 3.05) is 0 Å². The van der Waals surface area contributed by atoms with E-state index in [1.165, 1.54) is 44.6 Å². The molecule has 3 aliphatic rings. The fraction of sp³-hybridized carbons (Fsp3) is 0.111. The third kappa shape index (κ3) is 5.36. The smallest absolute Gasteiger partial charge is 0.160 e. The number of aromatic nitrogens is 3. The van der Waals surface area contributed by atoms with Crippen molar-refractivity contribution in [3.63, 3.8) is 0 Å². The summed E-state index contributed by atoms with van der Waals surface area (Å²) in [6.45, 7) is 0.808. The second-order valence-corrected chi connectivity index (χ2v) is 12.8. The van der Waals surface area contributed by atoms with Crippen molar-refractivity contribution in [2.45, 2.75) is 32.2 Å². The molecule has 9 rings (SSSR count). The molecule has 2 aromatic heterocycles. The predicted octanol–water partition coefficient (Wildman–Crippen LogP) is 11.0. The second kappa shape index (κ2) is 12.6. The lowest BCUT2D eigenvalue weighted by atomic mass is 9.89. The first-order valence-corrected chi connectivity index (χ1v) is 17.3. The van der Waals surface area contributed by atoms with E-state index in [1.807, 2.05) is 6.20 Å². The molecule has 2 aliphatic carbocycles. The highest BCUT2D eigenvalue weighted by Crippen LogP contribution is 2.39. The molecule has 4 heteroatoms. The molecular weight excluding hydrogens is 597 g/mol.